The molecule has 1 unspecified atom stereocenters. The Morgan fingerprint density at radius 1 is 0.864 bits per heavy atom. The Bertz CT molecular complexity index is 251. The molecule has 1 rings (SSSR count). The fraction of sp³-hybridized carbons (Fsp3) is 1.00. The van der Waals surface area contributed by atoms with Gasteiger partial charge in [-0.3, -0.25) is 0 Å². The number of alkyl halides is 3. The van der Waals surface area contributed by atoms with Gasteiger partial charge >= 0.3 is 6.18 Å². The Morgan fingerprint density at radius 2 is 1.50 bits per heavy atom. The van der Waals surface area contributed by atoms with Gasteiger partial charge in [0.2, 0.25) is 0 Å². The van der Waals surface area contributed by atoms with E-state index in [-0.39, 0.29) is 6.42 Å². The molecule has 1 aliphatic rings. The maximum atomic E-state index is 11.9. The van der Waals surface area contributed by atoms with E-state index in [0.29, 0.717) is 12.5 Å². The van der Waals surface area contributed by atoms with E-state index in [0.717, 1.165) is 64.8 Å². The van der Waals surface area contributed by atoms with Crippen molar-refractivity contribution < 1.29 is 22.6 Å². The highest BCUT2D eigenvalue weighted by Crippen LogP contribution is 2.23. The first-order chi connectivity index (χ1) is 10.6. The van der Waals surface area contributed by atoms with Gasteiger partial charge in [0.15, 0.2) is 0 Å². The highest BCUT2D eigenvalue weighted by molar-refractivity contribution is 4.62. The molecule has 0 spiro atoms. The molecule has 2 nitrogen and oxygen atoms in total. The number of unbranched alkanes of at least 4 members (excludes halogenated alkanes) is 7. The predicted molar refractivity (Wildman–Crippen MR) is 82.0 cm³/mol. The van der Waals surface area contributed by atoms with E-state index >= 15 is 0 Å². The van der Waals surface area contributed by atoms with Crippen LogP contribution in [0.4, 0.5) is 13.2 Å². The average Bonchev–Trinajstić information content (AvgIpc) is 2.48. The van der Waals surface area contributed by atoms with Crippen molar-refractivity contribution >= 4 is 0 Å². The van der Waals surface area contributed by atoms with Crippen LogP contribution in [-0.4, -0.2) is 32.1 Å². The topological polar surface area (TPSA) is 18.5 Å². The molecule has 0 aromatic rings. The molecule has 0 aliphatic carbocycles. The van der Waals surface area contributed by atoms with E-state index in [1.54, 1.807) is 0 Å². The highest BCUT2D eigenvalue weighted by atomic mass is 19.4. The summed E-state index contributed by atoms with van der Waals surface area (Å²) in [5.74, 6) is 0. The van der Waals surface area contributed by atoms with Gasteiger partial charge < -0.3 is 9.47 Å². The molecular formula is C17H31F3O2. The van der Waals surface area contributed by atoms with Crippen molar-refractivity contribution in [3.63, 3.8) is 0 Å². The molecule has 1 saturated heterocycles. The minimum atomic E-state index is -3.98. The summed E-state index contributed by atoms with van der Waals surface area (Å²) in [6.07, 6.45) is 6.67. The molecule has 0 aromatic heterocycles. The van der Waals surface area contributed by atoms with Crippen LogP contribution in [0.3, 0.4) is 0 Å². The molecule has 1 fully saturated rings. The summed E-state index contributed by atoms with van der Waals surface area (Å²) >= 11 is 0. The summed E-state index contributed by atoms with van der Waals surface area (Å²) in [6, 6.07) is 0. The lowest BCUT2D eigenvalue weighted by atomic mass is 10.1. The summed E-state index contributed by atoms with van der Waals surface area (Å²) in [4.78, 5) is 0. The van der Waals surface area contributed by atoms with Crippen molar-refractivity contribution in [1.82, 2.24) is 0 Å². The minimum absolute atomic E-state index is 0.278. The van der Waals surface area contributed by atoms with Crippen LogP contribution in [0.25, 0.3) is 0 Å². The van der Waals surface area contributed by atoms with E-state index in [1.165, 1.54) is 12.8 Å². The molecule has 132 valence electrons. The highest BCUT2D eigenvalue weighted by Gasteiger charge is 2.25. The molecule has 0 amide bonds. The summed E-state index contributed by atoms with van der Waals surface area (Å²) in [6.45, 7) is 2.39. The van der Waals surface area contributed by atoms with Crippen LogP contribution in [0.1, 0.15) is 77.0 Å². The minimum Gasteiger partial charge on any atom is -0.379 e. The van der Waals surface area contributed by atoms with E-state index in [1.807, 2.05) is 0 Å². The van der Waals surface area contributed by atoms with Crippen molar-refractivity contribution in [2.75, 3.05) is 19.8 Å². The van der Waals surface area contributed by atoms with Crippen LogP contribution in [-0.2, 0) is 9.47 Å². The van der Waals surface area contributed by atoms with Crippen molar-refractivity contribution in [3.05, 3.63) is 0 Å². The second kappa shape index (κ2) is 12.2. The Hall–Kier alpha value is -0.290. The summed E-state index contributed by atoms with van der Waals surface area (Å²) in [5.41, 5.74) is 0. The molecule has 5 heteroatoms. The molecule has 0 saturated carbocycles. The molecule has 0 bridgehead atoms. The lowest BCUT2D eigenvalue weighted by Crippen LogP contribution is -2.24. The number of hydrogen-bond acceptors (Lipinski definition) is 2. The lowest BCUT2D eigenvalue weighted by molar-refractivity contribution is -0.135. The number of rotatable bonds is 12. The molecule has 0 aromatic carbocycles. The SMILES string of the molecule is FC(F)(F)CCCCCCCCCCOCC1CCCCO1. The normalized spacial score (nSPS) is 19.5. The zero-order valence-electron chi connectivity index (χ0n) is 13.6. The number of halogens is 3. The van der Waals surface area contributed by atoms with Gasteiger partial charge in [-0.2, -0.15) is 13.2 Å². The van der Waals surface area contributed by atoms with Crippen molar-refractivity contribution in [2.45, 2.75) is 89.3 Å². The molecule has 0 radical (unpaired) electrons. The molecule has 1 heterocycles. The van der Waals surface area contributed by atoms with Gasteiger partial charge in [0.1, 0.15) is 0 Å². The van der Waals surface area contributed by atoms with Crippen LogP contribution < -0.4 is 0 Å². The number of ether oxygens (including phenoxy) is 2. The zero-order valence-corrected chi connectivity index (χ0v) is 13.6. The Labute approximate surface area is 132 Å². The lowest BCUT2D eigenvalue weighted by Gasteiger charge is -2.22. The van der Waals surface area contributed by atoms with Gasteiger partial charge in [-0.05, 0) is 32.1 Å². The van der Waals surface area contributed by atoms with E-state index in [4.69, 9.17) is 9.47 Å². The fourth-order valence-electron chi connectivity index (χ4n) is 2.74. The first kappa shape index (κ1) is 19.8. The quantitative estimate of drug-likeness (QED) is 0.432. The first-order valence-electron chi connectivity index (χ1n) is 8.84. The smallest absolute Gasteiger partial charge is 0.379 e. The monoisotopic (exact) mass is 324 g/mol. The standard InChI is InChI=1S/C17H31F3O2/c18-17(19,20)12-8-5-3-1-2-4-6-9-13-21-15-16-11-7-10-14-22-16/h16H,1-15H2. The third-order valence-corrected chi connectivity index (χ3v) is 4.08. The van der Waals surface area contributed by atoms with Gasteiger partial charge in [0, 0.05) is 19.6 Å². The maximum absolute atomic E-state index is 11.9. The van der Waals surface area contributed by atoms with Crippen molar-refractivity contribution in [1.29, 1.82) is 0 Å². The molecule has 1 atom stereocenters. The van der Waals surface area contributed by atoms with Gasteiger partial charge in [0.05, 0.1) is 12.7 Å². The Kier molecular flexibility index (Phi) is 10.9. The van der Waals surface area contributed by atoms with Gasteiger partial charge in [-0.15, -0.1) is 0 Å². The van der Waals surface area contributed by atoms with Gasteiger partial charge in [-0.25, -0.2) is 0 Å². The molecular weight excluding hydrogens is 293 g/mol. The van der Waals surface area contributed by atoms with Crippen molar-refractivity contribution in [3.8, 4) is 0 Å². The molecule has 22 heavy (non-hydrogen) atoms. The van der Waals surface area contributed by atoms with Crippen LogP contribution in [0.5, 0.6) is 0 Å². The molecule has 1 aliphatic heterocycles. The predicted octanol–water partition coefficient (Wildman–Crippen LogP) is 5.65. The average molecular weight is 324 g/mol. The third kappa shape index (κ3) is 12.3. The summed E-state index contributed by atoms with van der Waals surface area (Å²) in [7, 11) is 0. The van der Waals surface area contributed by atoms with E-state index in [2.05, 4.69) is 0 Å². The largest absolute Gasteiger partial charge is 0.389 e. The van der Waals surface area contributed by atoms with E-state index in [9.17, 15) is 13.2 Å². The van der Waals surface area contributed by atoms with Gasteiger partial charge in [0.25, 0.3) is 0 Å². The number of hydrogen-bond donors (Lipinski definition) is 0. The summed E-state index contributed by atoms with van der Waals surface area (Å²) in [5, 5.41) is 0. The zero-order chi connectivity index (χ0) is 16.1. The van der Waals surface area contributed by atoms with Crippen LogP contribution in [0, 0.1) is 0 Å². The Balaban J connectivity index is 1.73. The van der Waals surface area contributed by atoms with Crippen molar-refractivity contribution in [2.24, 2.45) is 0 Å². The van der Waals surface area contributed by atoms with Crippen LogP contribution in [0.2, 0.25) is 0 Å². The van der Waals surface area contributed by atoms with Crippen LogP contribution in [0.15, 0.2) is 0 Å². The fourth-order valence-corrected chi connectivity index (χ4v) is 2.74. The summed E-state index contributed by atoms with van der Waals surface area (Å²) < 4.78 is 47.0. The third-order valence-electron chi connectivity index (χ3n) is 4.08. The van der Waals surface area contributed by atoms with E-state index < -0.39 is 12.6 Å². The first-order valence-corrected chi connectivity index (χ1v) is 8.84. The second-order valence-electron chi connectivity index (χ2n) is 6.26. The van der Waals surface area contributed by atoms with Gasteiger partial charge in [-0.1, -0.05) is 38.5 Å². The Morgan fingerprint density at radius 3 is 2.09 bits per heavy atom. The maximum Gasteiger partial charge on any atom is 0.389 e. The molecule has 0 N–H and O–H groups in total. The second-order valence-corrected chi connectivity index (χ2v) is 6.26. The van der Waals surface area contributed by atoms with Crippen LogP contribution >= 0.6 is 0 Å².